The van der Waals surface area contributed by atoms with Crippen LogP contribution in [0.3, 0.4) is 0 Å². The third-order valence-corrected chi connectivity index (χ3v) is 4.31. The van der Waals surface area contributed by atoms with E-state index in [-0.39, 0.29) is 5.91 Å². The maximum atomic E-state index is 12.3. The van der Waals surface area contributed by atoms with Crippen molar-refractivity contribution in [3.05, 3.63) is 0 Å². The normalized spacial score (nSPS) is 31.7. The van der Waals surface area contributed by atoms with E-state index in [4.69, 9.17) is 0 Å². The first-order valence-corrected chi connectivity index (χ1v) is 6.96. The lowest BCUT2D eigenvalue weighted by Gasteiger charge is -2.41. The quantitative estimate of drug-likeness (QED) is 0.758. The third kappa shape index (κ3) is 2.51. The van der Waals surface area contributed by atoms with Gasteiger partial charge in [-0.2, -0.15) is 5.26 Å². The molecule has 18 heavy (non-hydrogen) atoms. The zero-order valence-corrected chi connectivity index (χ0v) is 11.5. The molecule has 2 aliphatic rings. The van der Waals surface area contributed by atoms with Gasteiger partial charge < -0.3 is 9.80 Å². The summed E-state index contributed by atoms with van der Waals surface area (Å²) in [5.74, 6) is 0.544. The summed E-state index contributed by atoms with van der Waals surface area (Å²) < 4.78 is 0. The predicted molar refractivity (Wildman–Crippen MR) is 69.8 cm³/mol. The molecule has 0 radical (unpaired) electrons. The summed E-state index contributed by atoms with van der Waals surface area (Å²) in [5, 5.41) is 9.25. The molecule has 1 saturated heterocycles. The van der Waals surface area contributed by atoms with Gasteiger partial charge in [0.2, 0.25) is 5.91 Å². The number of likely N-dealkylation sites (tertiary alicyclic amines) is 1. The zero-order valence-electron chi connectivity index (χ0n) is 11.5. The highest BCUT2D eigenvalue weighted by Crippen LogP contribution is 2.46. The summed E-state index contributed by atoms with van der Waals surface area (Å²) in [6.45, 7) is 6.11. The second-order valence-corrected chi connectivity index (χ2v) is 5.98. The first-order valence-electron chi connectivity index (χ1n) is 6.96. The molecule has 4 nitrogen and oxygen atoms in total. The molecular formula is C14H23N3O. The Morgan fingerprint density at radius 3 is 2.56 bits per heavy atom. The summed E-state index contributed by atoms with van der Waals surface area (Å²) in [7, 11) is 1.83. The smallest absolute Gasteiger partial charge is 0.242 e. The van der Waals surface area contributed by atoms with Gasteiger partial charge >= 0.3 is 0 Å². The molecule has 0 atom stereocenters. The number of carbonyl (C=O) groups excluding carboxylic acids is 1. The number of carbonyl (C=O) groups is 1. The van der Waals surface area contributed by atoms with Gasteiger partial charge in [-0.05, 0) is 44.7 Å². The molecule has 0 N–H and O–H groups in total. The molecule has 2 fully saturated rings. The van der Waals surface area contributed by atoms with Crippen LogP contribution in [0.5, 0.6) is 0 Å². The Bertz CT molecular complexity index is 349. The fourth-order valence-corrected chi connectivity index (χ4v) is 3.21. The largest absolute Gasteiger partial charge is 0.343 e. The molecule has 0 spiro atoms. The van der Waals surface area contributed by atoms with Crippen LogP contribution in [0.15, 0.2) is 0 Å². The molecule has 0 aromatic rings. The van der Waals surface area contributed by atoms with Crippen molar-refractivity contribution in [2.24, 2.45) is 11.3 Å². The van der Waals surface area contributed by atoms with Gasteiger partial charge in [-0.25, -0.2) is 0 Å². The first-order chi connectivity index (χ1) is 8.57. The van der Waals surface area contributed by atoms with Crippen LogP contribution in [0.4, 0.5) is 0 Å². The molecule has 0 bridgehead atoms. The van der Waals surface area contributed by atoms with Crippen molar-refractivity contribution >= 4 is 5.91 Å². The van der Waals surface area contributed by atoms with E-state index < -0.39 is 5.41 Å². The standard InChI is InChI=1S/C14H23N3O/c1-12-9-14(10-12,11-15)13(18)16(2)7-8-17-5-3-4-6-17/h12H,3-10H2,1-2H3. The molecule has 2 rings (SSSR count). The first kappa shape index (κ1) is 13.4. The van der Waals surface area contributed by atoms with Crippen LogP contribution >= 0.6 is 0 Å². The van der Waals surface area contributed by atoms with Crippen molar-refractivity contribution < 1.29 is 4.79 Å². The van der Waals surface area contributed by atoms with Crippen molar-refractivity contribution in [1.29, 1.82) is 5.26 Å². The SMILES string of the molecule is CC1CC(C#N)(C(=O)N(C)CCN2CCCC2)C1. The molecular weight excluding hydrogens is 226 g/mol. The van der Waals surface area contributed by atoms with E-state index in [0.29, 0.717) is 5.92 Å². The average Bonchev–Trinajstić information content (AvgIpc) is 2.83. The van der Waals surface area contributed by atoms with Crippen molar-refractivity contribution in [2.45, 2.75) is 32.6 Å². The van der Waals surface area contributed by atoms with Crippen molar-refractivity contribution in [3.8, 4) is 6.07 Å². The summed E-state index contributed by atoms with van der Waals surface area (Å²) in [6.07, 6.45) is 4.02. The van der Waals surface area contributed by atoms with Gasteiger partial charge in [0.25, 0.3) is 0 Å². The Morgan fingerprint density at radius 2 is 2.06 bits per heavy atom. The van der Waals surface area contributed by atoms with E-state index in [1.54, 1.807) is 4.90 Å². The summed E-state index contributed by atoms with van der Waals surface area (Å²) in [4.78, 5) is 16.5. The minimum atomic E-state index is -0.709. The Balaban J connectivity index is 1.82. The van der Waals surface area contributed by atoms with Crippen LogP contribution in [-0.2, 0) is 4.79 Å². The van der Waals surface area contributed by atoms with Gasteiger partial charge in [0, 0.05) is 20.1 Å². The Labute approximate surface area is 110 Å². The monoisotopic (exact) mass is 249 g/mol. The lowest BCUT2D eigenvalue weighted by Crippen LogP contribution is -2.50. The Hall–Kier alpha value is -1.08. The fourth-order valence-electron chi connectivity index (χ4n) is 3.21. The lowest BCUT2D eigenvalue weighted by molar-refractivity contribution is -0.144. The molecule has 0 aromatic heterocycles. The molecule has 0 unspecified atom stereocenters. The van der Waals surface area contributed by atoms with E-state index in [9.17, 15) is 10.1 Å². The molecule has 1 saturated carbocycles. The fraction of sp³-hybridized carbons (Fsp3) is 0.857. The minimum Gasteiger partial charge on any atom is -0.343 e. The van der Waals surface area contributed by atoms with Gasteiger partial charge in [-0.1, -0.05) is 6.92 Å². The van der Waals surface area contributed by atoms with E-state index in [1.807, 2.05) is 7.05 Å². The van der Waals surface area contributed by atoms with Gasteiger partial charge in [0.15, 0.2) is 0 Å². The Morgan fingerprint density at radius 1 is 1.44 bits per heavy atom. The van der Waals surface area contributed by atoms with Crippen molar-refractivity contribution in [3.63, 3.8) is 0 Å². The van der Waals surface area contributed by atoms with Crippen LogP contribution in [0.25, 0.3) is 0 Å². The highest BCUT2D eigenvalue weighted by atomic mass is 16.2. The highest BCUT2D eigenvalue weighted by molar-refractivity contribution is 5.86. The van der Waals surface area contributed by atoms with Gasteiger partial charge in [-0.15, -0.1) is 0 Å². The van der Waals surface area contributed by atoms with E-state index in [0.717, 1.165) is 39.0 Å². The number of hydrogen-bond donors (Lipinski definition) is 0. The maximum absolute atomic E-state index is 12.3. The molecule has 0 aromatic carbocycles. The van der Waals surface area contributed by atoms with Crippen LogP contribution in [0.2, 0.25) is 0 Å². The summed E-state index contributed by atoms with van der Waals surface area (Å²) in [5.41, 5.74) is -0.709. The molecule has 1 aliphatic carbocycles. The number of nitrogens with zero attached hydrogens (tertiary/aromatic N) is 3. The van der Waals surface area contributed by atoms with Gasteiger partial charge in [-0.3, -0.25) is 4.79 Å². The topological polar surface area (TPSA) is 47.3 Å². The molecule has 1 heterocycles. The van der Waals surface area contributed by atoms with Crippen LogP contribution in [-0.4, -0.2) is 48.9 Å². The van der Waals surface area contributed by atoms with E-state index in [1.165, 1.54) is 12.8 Å². The highest BCUT2D eigenvalue weighted by Gasteiger charge is 2.50. The second-order valence-electron chi connectivity index (χ2n) is 5.98. The predicted octanol–water partition coefficient (Wildman–Crippen LogP) is 1.48. The number of amides is 1. The Kier molecular flexibility index (Phi) is 3.91. The maximum Gasteiger partial charge on any atom is 0.242 e. The minimum absolute atomic E-state index is 0.0299. The van der Waals surface area contributed by atoms with Crippen LogP contribution < -0.4 is 0 Å². The number of nitriles is 1. The number of rotatable bonds is 4. The van der Waals surface area contributed by atoms with Crippen LogP contribution in [0.1, 0.15) is 32.6 Å². The molecule has 1 amide bonds. The lowest BCUT2D eigenvalue weighted by atomic mass is 9.63. The summed E-state index contributed by atoms with van der Waals surface area (Å²) in [6, 6.07) is 2.25. The zero-order chi connectivity index (χ0) is 13.2. The van der Waals surface area contributed by atoms with E-state index >= 15 is 0 Å². The molecule has 1 aliphatic heterocycles. The molecule has 4 heteroatoms. The van der Waals surface area contributed by atoms with Crippen molar-refractivity contribution in [2.75, 3.05) is 33.2 Å². The molecule has 100 valence electrons. The number of likely N-dealkylation sites (N-methyl/N-ethyl adjacent to an activating group) is 1. The van der Waals surface area contributed by atoms with Crippen molar-refractivity contribution in [1.82, 2.24) is 9.80 Å². The third-order valence-electron chi connectivity index (χ3n) is 4.31. The van der Waals surface area contributed by atoms with Gasteiger partial charge in [0.05, 0.1) is 6.07 Å². The average molecular weight is 249 g/mol. The van der Waals surface area contributed by atoms with E-state index in [2.05, 4.69) is 17.9 Å². The number of hydrogen-bond acceptors (Lipinski definition) is 3. The van der Waals surface area contributed by atoms with Gasteiger partial charge in [0.1, 0.15) is 5.41 Å². The summed E-state index contributed by atoms with van der Waals surface area (Å²) >= 11 is 0. The van der Waals surface area contributed by atoms with Crippen LogP contribution in [0, 0.1) is 22.7 Å². The second kappa shape index (κ2) is 5.27.